The number of para-hydroxylation sites is 1. The highest BCUT2D eigenvalue weighted by molar-refractivity contribution is 5.38. The first-order valence-corrected chi connectivity index (χ1v) is 7.33. The summed E-state index contributed by atoms with van der Waals surface area (Å²) in [5.74, 6) is 1.81. The average molecular weight is 269 g/mol. The lowest BCUT2D eigenvalue weighted by Gasteiger charge is -2.11. The van der Waals surface area contributed by atoms with E-state index >= 15 is 0 Å². The predicted molar refractivity (Wildman–Crippen MR) is 84.3 cm³/mol. The Labute approximate surface area is 121 Å². The lowest BCUT2D eigenvalue weighted by atomic mass is 10.0. The van der Waals surface area contributed by atoms with Crippen molar-refractivity contribution < 1.29 is 4.74 Å². The Bertz CT molecular complexity index is 533. The van der Waals surface area contributed by atoms with Gasteiger partial charge in [0.25, 0.3) is 0 Å². The summed E-state index contributed by atoms with van der Waals surface area (Å²) in [6.07, 6.45) is 2.89. The van der Waals surface area contributed by atoms with E-state index in [4.69, 9.17) is 10.5 Å². The zero-order valence-electron chi connectivity index (χ0n) is 12.3. The van der Waals surface area contributed by atoms with E-state index in [1.807, 2.05) is 30.3 Å². The van der Waals surface area contributed by atoms with Crippen molar-refractivity contribution in [3.8, 4) is 11.5 Å². The smallest absolute Gasteiger partial charge is 0.130 e. The molecule has 0 aromatic heterocycles. The van der Waals surface area contributed by atoms with Gasteiger partial charge >= 0.3 is 0 Å². The van der Waals surface area contributed by atoms with Crippen LogP contribution in [0.1, 0.15) is 31.4 Å². The van der Waals surface area contributed by atoms with Gasteiger partial charge < -0.3 is 10.5 Å². The van der Waals surface area contributed by atoms with E-state index in [-0.39, 0.29) is 6.04 Å². The molecule has 2 aromatic carbocycles. The molecule has 2 nitrogen and oxygen atoms in total. The van der Waals surface area contributed by atoms with E-state index in [2.05, 4.69) is 32.0 Å². The maximum atomic E-state index is 5.97. The van der Waals surface area contributed by atoms with Gasteiger partial charge in [-0.3, -0.25) is 0 Å². The summed E-state index contributed by atoms with van der Waals surface area (Å²) in [6, 6.07) is 16.6. The number of hydrogen-bond acceptors (Lipinski definition) is 2. The summed E-state index contributed by atoms with van der Waals surface area (Å²) < 4.78 is 5.96. The highest BCUT2D eigenvalue weighted by Gasteiger charge is 2.04. The first-order valence-electron chi connectivity index (χ1n) is 7.33. The molecular weight excluding hydrogens is 246 g/mol. The third-order valence-electron chi connectivity index (χ3n) is 3.53. The van der Waals surface area contributed by atoms with Crippen molar-refractivity contribution in [2.45, 2.75) is 39.2 Å². The molecule has 2 N–H and O–H groups in total. The number of hydrogen-bond donors (Lipinski definition) is 1. The predicted octanol–water partition coefficient (Wildman–Crippen LogP) is 4.32. The van der Waals surface area contributed by atoms with Gasteiger partial charge in [0.15, 0.2) is 0 Å². The summed E-state index contributed by atoms with van der Waals surface area (Å²) >= 11 is 0. The van der Waals surface area contributed by atoms with Gasteiger partial charge in [0.2, 0.25) is 0 Å². The molecule has 2 heteroatoms. The zero-order valence-corrected chi connectivity index (χ0v) is 12.3. The van der Waals surface area contributed by atoms with Crippen molar-refractivity contribution in [2.75, 3.05) is 0 Å². The van der Waals surface area contributed by atoms with Crippen LogP contribution in [0.15, 0.2) is 48.5 Å². The number of benzene rings is 2. The molecule has 0 heterocycles. The molecule has 20 heavy (non-hydrogen) atoms. The molecule has 0 spiro atoms. The molecule has 2 rings (SSSR count). The quantitative estimate of drug-likeness (QED) is 0.847. The van der Waals surface area contributed by atoms with Crippen LogP contribution in [0.25, 0.3) is 0 Å². The molecule has 2 aromatic rings. The van der Waals surface area contributed by atoms with Gasteiger partial charge in [-0.15, -0.1) is 0 Å². The lowest BCUT2D eigenvalue weighted by Crippen LogP contribution is -2.21. The van der Waals surface area contributed by atoms with E-state index in [0.717, 1.165) is 30.8 Å². The SMILES string of the molecule is CCc1ccccc1Oc1ccc(CC(N)CC)cc1. The van der Waals surface area contributed by atoms with Crippen molar-refractivity contribution >= 4 is 0 Å². The van der Waals surface area contributed by atoms with E-state index in [9.17, 15) is 0 Å². The van der Waals surface area contributed by atoms with Crippen LogP contribution in [0.3, 0.4) is 0 Å². The Morgan fingerprint density at radius 1 is 1.00 bits per heavy atom. The Morgan fingerprint density at radius 2 is 1.70 bits per heavy atom. The Hall–Kier alpha value is -1.80. The van der Waals surface area contributed by atoms with Gasteiger partial charge in [0, 0.05) is 6.04 Å². The van der Waals surface area contributed by atoms with Crippen LogP contribution in [-0.2, 0) is 12.8 Å². The molecule has 0 amide bonds. The minimum atomic E-state index is 0.239. The molecular formula is C18H23NO. The first-order chi connectivity index (χ1) is 9.72. The number of ether oxygens (including phenoxy) is 1. The first kappa shape index (κ1) is 14.6. The minimum Gasteiger partial charge on any atom is -0.457 e. The lowest BCUT2D eigenvalue weighted by molar-refractivity contribution is 0.476. The van der Waals surface area contributed by atoms with Crippen LogP contribution in [0.4, 0.5) is 0 Å². The molecule has 0 saturated carbocycles. The molecule has 0 aliphatic heterocycles. The van der Waals surface area contributed by atoms with Crippen molar-refractivity contribution in [1.29, 1.82) is 0 Å². The summed E-state index contributed by atoms with van der Waals surface area (Å²) in [7, 11) is 0. The second kappa shape index (κ2) is 7.11. The fourth-order valence-corrected chi connectivity index (χ4v) is 2.16. The highest BCUT2D eigenvalue weighted by Crippen LogP contribution is 2.25. The van der Waals surface area contributed by atoms with Gasteiger partial charge in [-0.1, -0.05) is 44.2 Å². The fraction of sp³-hybridized carbons (Fsp3) is 0.333. The summed E-state index contributed by atoms with van der Waals surface area (Å²) in [4.78, 5) is 0. The summed E-state index contributed by atoms with van der Waals surface area (Å²) in [5, 5.41) is 0. The van der Waals surface area contributed by atoms with Crippen LogP contribution in [0.5, 0.6) is 11.5 Å². The van der Waals surface area contributed by atoms with E-state index in [1.165, 1.54) is 11.1 Å². The van der Waals surface area contributed by atoms with Crippen molar-refractivity contribution in [3.05, 3.63) is 59.7 Å². The van der Waals surface area contributed by atoms with Gasteiger partial charge in [0.1, 0.15) is 11.5 Å². The molecule has 106 valence electrons. The van der Waals surface area contributed by atoms with Crippen LogP contribution < -0.4 is 10.5 Å². The molecule has 0 aliphatic rings. The molecule has 0 radical (unpaired) electrons. The van der Waals surface area contributed by atoms with E-state index < -0.39 is 0 Å². The third-order valence-corrected chi connectivity index (χ3v) is 3.53. The largest absolute Gasteiger partial charge is 0.457 e. The van der Waals surface area contributed by atoms with Gasteiger partial charge in [-0.05, 0) is 48.6 Å². The standard InChI is InChI=1S/C18H23NO/c1-3-15-7-5-6-8-18(15)20-17-11-9-14(10-12-17)13-16(19)4-2/h5-12,16H,3-4,13,19H2,1-2H3. The van der Waals surface area contributed by atoms with Crippen LogP contribution in [0, 0.1) is 0 Å². The molecule has 1 unspecified atom stereocenters. The maximum Gasteiger partial charge on any atom is 0.130 e. The summed E-state index contributed by atoms with van der Waals surface area (Å²) in [6.45, 7) is 4.25. The van der Waals surface area contributed by atoms with Crippen LogP contribution in [0.2, 0.25) is 0 Å². The van der Waals surface area contributed by atoms with Gasteiger partial charge in [-0.25, -0.2) is 0 Å². The topological polar surface area (TPSA) is 35.2 Å². The Kier molecular flexibility index (Phi) is 5.19. The monoisotopic (exact) mass is 269 g/mol. The number of aryl methyl sites for hydroxylation is 1. The van der Waals surface area contributed by atoms with Crippen molar-refractivity contribution in [1.82, 2.24) is 0 Å². The van der Waals surface area contributed by atoms with Crippen molar-refractivity contribution in [3.63, 3.8) is 0 Å². The molecule has 1 atom stereocenters. The van der Waals surface area contributed by atoms with Gasteiger partial charge in [0.05, 0.1) is 0 Å². The average Bonchev–Trinajstić information content (AvgIpc) is 2.49. The Morgan fingerprint density at radius 3 is 2.35 bits per heavy atom. The molecule has 0 bridgehead atoms. The van der Waals surface area contributed by atoms with E-state index in [0.29, 0.717) is 0 Å². The zero-order chi connectivity index (χ0) is 14.4. The second-order valence-electron chi connectivity index (χ2n) is 5.08. The number of nitrogens with two attached hydrogens (primary N) is 1. The fourth-order valence-electron chi connectivity index (χ4n) is 2.16. The van der Waals surface area contributed by atoms with Crippen LogP contribution in [-0.4, -0.2) is 6.04 Å². The molecule has 0 saturated heterocycles. The van der Waals surface area contributed by atoms with E-state index in [1.54, 1.807) is 0 Å². The Balaban J connectivity index is 2.07. The molecule has 0 aliphatic carbocycles. The minimum absolute atomic E-state index is 0.239. The summed E-state index contributed by atoms with van der Waals surface area (Å²) in [5.41, 5.74) is 8.46. The van der Waals surface area contributed by atoms with Crippen molar-refractivity contribution in [2.24, 2.45) is 5.73 Å². The number of rotatable bonds is 6. The normalized spacial score (nSPS) is 12.2. The van der Waals surface area contributed by atoms with Gasteiger partial charge in [-0.2, -0.15) is 0 Å². The third kappa shape index (κ3) is 3.84. The van der Waals surface area contributed by atoms with Crippen LogP contribution >= 0.6 is 0 Å². The molecule has 0 fully saturated rings. The highest BCUT2D eigenvalue weighted by atomic mass is 16.5. The second-order valence-corrected chi connectivity index (χ2v) is 5.08. The maximum absolute atomic E-state index is 5.97.